The summed E-state index contributed by atoms with van der Waals surface area (Å²) in [6.07, 6.45) is -1.22. The van der Waals surface area contributed by atoms with E-state index in [4.69, 9.17) is 5.73 Å². The first-order chi connectivity index (χ1) is 11.0. The number of nitrogens with zero attached hydrogens (tertiary/aromatic N) is 1. The maximum atomic E-state index is 12.4. The Bertz CT molecular complexity index is 755. The number of aliphatic hydroxyl groups is 1. The maximum absolute atomic E-state index is 12.4. The van der Waals surface area contributed by atoms with Crippen LogP contribution >= 0.6 is 0 Å². The highest BCUT2D eigenvalue weighted by Gasteiger charge is 2.28. The summed E-state index contributed by atoms with van der Waals surface area (Å²) in [7, 11) is 0. The monoisotopic (exact) mass is 310 g/mol. The van der Waals surface area contributed by atoms with Crippen LogP contribution in [-0.2, 0) is 11.3 Å². The minimum absolute atomic E-state index is 0.0152. The number of carbonyl (C=O) groups is 2. The number of primary amides is 1. The van der Waals surface area contributed by atoms with Crippen molar-refractivity contribution >= 4 is 17.5 Å². The molecule has 0 aromatic heterocycles. The zero-order chi connectivity index (χ0) is 16.6. The van der Waals surface area contributed by atoms with E-state index >= 15 is 0 Å². The van der Waals surface area contributed by atoms with E-state index in [9.17, 15) is 14.7 Å². The van der Waals surface area contributed by atoms with Crippen molar-refractivity contribution in [3.8, 4) is 0 Å². The summed E-state index contributed by atoms with van der Waals surface area (Å²) >= 11 is 0. The highest BCUT2D eigenvalue weighted by molar-refractivity contribution is 6.09. The number of hydrogen-bond acceptors (Lipinski definition) is 3. The van der Waals surface area contributed by atoms with Gasteiger partial charge in [-0.2, -0.15) is 0 Å². The Labute approximate surface area is 134 Å². The minimum atomic E-state index is -1.22. The van der Waals surface area contributed by atoms with Crippen molar-refractivity contribution in [1.82, 2.24) is 0 Å². The van der Waals surface area contributed by atoms with Crippen molar-refractivity contribution in [3.05, 3.63) is 65.2 Å². The molecule has 2 amide bonds. The molecule has 2 atom stereocenters. The summed E-state index contributed by atoms with van der Waals surface area (Å²) in [6, 6.07) is 14.8. The summed E-state index contributed by atoms with van der Waals surface area (Å²) in [4.78, 5) is 25.2. The van der Waals surface area contributed by atoms with Gasteiger partial charge in [0.1, 0.15) is 6.10 Å². The molecule has 0 saturated carbocycles. The Morgan fingerprint density at radius 2 is 1.83 bits per heavy atom. The van der Waals surface area contributed by atoms with Gasteiger partial charge in [0.25, 0.3) is 5.91 Å². The van der Waals surface area contributed by atoms with Gasteiger partial charge in [-0.15, -0.1) is 0 Å². The molecule has 1 heterocycles. The number of nitrogens with two attached hydrogens (primary N) is 1. The van der Waals surface area contributed by atoms with E-state index < -0.39 is 17.9 Å². The molecule has 23 heavy (non-hydrogen) atoms. The van der Waals surface area contributed by atoms with E-state index in [0.717, 1.165) is 22.4 Å². The van der Waals surface area contributed by atoms with Crippen LogP contribution in [0.4, 0.5) is 5.69 Å². The van der Waals surface area contributed by atoms with Crippen LogP contribution < -0.4 is 10.6 Å². The zero-order valence-corrected chi connectivity index (χ0v) is 12.8. The van der Waals surface area contributed by atoms with Crippen molar-refractivity contribution in [3.63, 3.8) is 0 Å². The molecule has 2 aromatic rings. The van der Waals surface area contributed by atoms with Crippen LogP contribution in [0.1, 0.15) is 34.3 Å². The van der Waals surface area contributed by atoms with Gasteiger partial charge in [-0.25, -0.2) is 0 Å². The summed E-state index contributed by atoms with van der Waals surface area (Å²) in [5.41, 5.74) is 8.46. The van der Waals surface area contributed by atoms with Crippen LogP contribution in [0.15, 0.2) is 48.5 Å². The topological polar surface area (TPSA) is 83.6 Å². The molecule has 0 bridgehead atoms. The van der Waals surface area contributed by atoms with Crippen molar-refractivity contribution in [2.75, 3.05) is 4.90 Å². The van der Waals surface area contributed by atoms with Gasteiger partial charge in [-0.1, -0.05) is 37.3 Å². The van der Waals surface area contributed by atoms with Gasteiger partial charge in [-0.3, -0.25) is 9.59 Å². The Morgan fingerprint density at radius 1 is 1.17 bits per heavy atom. The predicted octanol–water partition coefficient (Wildman–Crippen LogP) is 1.80. The van der Waals surface area contributed by atoms with Crippen molar-refractivity contribution in [1.29, 1.82) is 0 Å². The Morgan fingerprint density at radius 3 is 2.43 bits per heavy atom. The molecule has 1 aliphatic rings. The number of anilines is 1. The third-order valence-corrected chi connectivity index (χ3v) is 4.32. The Balaban J connectivity index is 1.82. The van der Waals surface area contributed by atoms with Gasteiger partial charge in [-0.05, 0) is 29.3 Å². The lowest BCUT2D eigenvalue weighted by Gasteiger charge is -2.19. The maximum Gasteiger partial charge on any atom is 0.258 e. The van der Waals surface area contributed by atoms with E-state index in [1.807, 2.05) is 48.5 Å². The summed E-state index contributed by atoms with van der Waals surface area (Å²) in [5.74, 6) is -1.15. The average molecular weight is 310 g/mol. The molecule has 0 unspecified atom stereocenters. The number of carbonyl (C=O) groups excluding carboxylic acids is 2. The SMILES string of the molecule is C[C@H](c1ccc(N2Cc3ccccc3C2=O)cc1)[C@H](O)C(N)=O. The van der Waals surface area contributed by atoms with Crippen LogP contribution in [0, 0.1) is 0 Å². The Hall–Kier alpha value is -2.66. The van der Waals surface area contributed by atoms with Gasteiger partial charge in [0.05, 0.1) is 6.54 Å². The van der Waals surface area contributed by atoms with Gasteiger partial charge < -0.3 is 15.7 Å². The normalized spacial score (nSPS) is 16.1. The summed E-state index contributed by atoms with van der Waals surface area (Å²) < 4.78 is 0. The molecular formula is C18H18N2O3. The lowest BCUT2D eigenvalue weighted by atomic mass is 9.95. The van der Waals surface area contributed by atoms with Crippen molar-refractivity contribution < 1.29 is 14.7 Å². The molecule has 0 radical (unpaired) electrons. The molecule has 3 rings (SSSR count). The molecule has 0 spiro atoms. The summed E-state index contributed by atoms with van der Waals surface area (Å²) in [6.45, 7) is 2.29. The van der Waals surface area contributed by atoms with Crippen LogP contribution in [0.25, 0.3) is 0 Å². The number of hydrogen-bond donors (Lipinski definition) is 2. The lowest BCUT2D eigenvalue weighted by molar-refractivity contribution is -0.126. The van der Waals surface area contributed by atoms with E-state index in [-0.39, 0.29) is 5.91 Å². The zero-order valence-electron chi connectivity index (χ0n) is 12.8. The van der Waals surface area contributed by atoms with Gasteiger partial charge in [0.2, 0.25) is 5.91 Å². The van der Waals surface area contributed by atoms with Crippen LogP contribution in [0.3, 0.4) is 0 Å². The van der Waals surface area contributed by atoms with E-state index in [1.54, 1.807) is 11.8 Å². The molecule has 0 saturated heterocycles. The van der Waals surface area contributed by atoms with E-state index in [0.29, 0.717) is 6.54 Å². The number of aliphatic hydroxyl groups excluding tert-OH is 1. The largest absolute Gasteiger partial charge is 0.383 e. The lowest BCUT2D eigenvalue weighted by Crippen LogP contribution is -2.32. The molecular weight excluding hydrogens is 292 g/mol. The number of amides is 2. The Kier molecular flexibility index (Phi) is 3.88. The number of rotatable bonds is 4. The second kappa shape index (κ2) is 5.85. The molecule has 0 aliphatic carbocycles. The second-order valence-corrected chi connectivity index (χ2v) is 5.78. The highest BCUT2D eigenvalue weighted by atomic mass is 16.3. The van der Waals surface area contributed by atoms with Crippen LogP contribution in [0.5, 0.6) is 0 Å². The van der Waals surface area contributed by atoms with E-state index in [1.165, 1.54) is 0 Å². The number of fused-ring (bicyclic) bond motifs is 1. The molecule has 5 nitrogen and oxygen atoms in total. The van der Waals surface area contributed by atoms with Crippen molar-refractivity contribution in [2.24, 2.45) is 5.73 Å². The second-order valence-electron chi connectivity index (χ2n) is 5.78. The molecule has 3 N–H and O–H groups in total. The molecule has 1 aliphatic heterocycles. The third kappa shape index (κ3) is 2.71. The minimum Gasteiger partial charge on any atom is -0.383 e. The first-order valence-electron chi connectivity index (χ1n) is 7.46. The fourth-order valence-electron chi connectivity index (χ4n) is 2.85. The quantitative estimate of drug-likeness (QED) is 0.903. The van der Waals surface area contributed by atoms with Gasteiger partial charge >= 0.3 is 0 Å². The van der Waals surface area contributed by atoms with Gasteiger partial charge in [0.15, 0.2) is 0 Å². The van der Waals surface area contributed by atoms with Crippen LogP contribution in [0.2, 0.25) is 0 Å². The third-order valence-electron chi connectivity index (χ3n) is 4.32. The van der Waals surface area contributed by atoms with Gasteiger partial charge in [0, 0.05) is 17.2 Å². The van der Waals surface area contributed by atoms with E-state index in [2.05, 4.69) is 0 Å². The fraction of sp³-hybridized carbons (Fsp3) is 0.222. The molecule has 5 heteroatoms. The highest BCUT2D eigenvalue weighted by Crippen LogP contribution is 2.29. The molecule has 0 fully saturated rings. The predicted molar refractivity (Wildman–Crippen MR) is 87.0 cm³/mol. The molecule has 118 valence electrons. The first kappa shape index (κ1) is 15.2. The standard InChI is InChI=1S/C18H18N2O3/c1-11(16(21)17(19)22)12-6-8-14(9-7-12)20-10-13-4-2-3-5-15(13)18(20)23/h2-9,11,16,21H,10H2,1H3,(H2,19,22)/t11-,16+/m1/s1. The summed E-state index contributed by atoms with van der Waals surface area (Å²) in [5, 5.41) is 9.75. The fourth-order valence-corrected chi connectivity index (χ4v) is 2.85. The smallest absolute Gasteiger partial charge is 0.258 e. The van der Waals surface area contributed by atoms with Crippen molar-refractivity contribution in [2.45, 2.75) is 25.5 Å². The average Bonchev–Trinajstić information content (AvgIpc) is 2.91. The number of benzene rings is 2. The van der Waals surface area contributed by atoms with Crippen LogP contribution in [-0.4, -0.2) is 23.0 Å². The first-order valence-corrected chi connectivity index (χ1v) is 7.46. The molecule has 2 aromatic carbocycles.